The lowest BCUT2D eigenvalue weighted by Crippen LogP contribution is -2.33. The van der Waals surface area contributed by atoms with Crippen molar-refractivity contribution in [3.8, 4) is 5.75 Å². The van der Waals surface area contributed by atoms with Crippen molar-refractivity contribution in [3.05, 3.63) is 65.9 Å². The highest BCUT2D eigenvalue weighted by Gasteiger charge is 2.06. The Morgan fingerprint density at radius 3 is 2.53 bits per heavy atom. The second-order valence-corrected chi connectivity index (χ2v) is 6.72. The van der Waals surface area contributed by atoms with Crippen molar-refractivity contribution >= 4 is 29.2 Å². The molecule has 1 heterocycles. The molecule has 0 saturated carbocycles. The molecule has 0 radical (unpaired) electrons. The van der Waals surface area contributed by atoms with Crippen molar-refractivity contribution in [2.24, 2.45) is 0 Å². The molecule has 3 aromatic rings. The van der Waals surface area contributed by atoms with Crippen LogP contribution in [0.5, 0.6) is 5.75 Å². The number of urea groups is 1. The zero-order valence-corrected chi connectivity index (χ0v) is 17.3. The fourth-order valence-corrected chi connectivity index (χ4v) is 2.76. The molecule has 0 bridgehead atoms. The van der Waals surface area contributed by atoms with Gasteiger partial charge in [-0.25, -0.2) is 9.78 Å². The van der Waals surface area contributed by atoms with E-state index in [2.05, 4.69) is 31.2 Å². The molecule has 0 saturated heterocycles. The lowest BCUT2D eigenvalue weighted by Gasteiger charge is -2.12. The van der Waals surface area contributed by atoms with E-state index in [0.717, 1.165) is 11.4 Å². The standard InChI is InChI=1S/C22H26N6O2/c1-15-8-10-17(11-9-15)26-20-14-16(2)25-21(28-20)23-12-13-24-22(29)27-18-6-4-5-7-19(18)30-3/h4-11,14H,12-13H2,1-3H3,(H2,24,27,29)(H2,23,25,26,28). The van der Waals surface area contributed by atoms with Crippen molar-refractivity contribution in [1.29, 1.82) is 0 Å². The van der Waals surface area contributed by atoms with Crippen molar-refractivity contribution in [3.63, 3.8) is 0 Å². The number of aryl methyl sites for hydroxylation is 2. The Bertz CT molecular complexity index is 991. The predicted octanol–water partition coefficient (Wildman–Crippen LogP) is 4.08. The van der Waals surface area contributed by atoms with Crippen LogP contribution in [-0.4, -0.2) is 36.2 Å². The number of carbonyl (C=O) groups is 1. The monoisotopic (exact) mass is 406 g/mol. The molecule has 156 valence electrons. The van der Waals surface area contributed by atoms with Crippen LogP contribution in [0.25, 0.3) is 0 Å². The number of carbonyl (C=O) groups excluding carboxylic acids is 1. The van der Waals surface area contributed by atoms with E-state index in [4.69, 9.17) is 4.74 Å². The molecule has 8 heteroatoms. The molecular weight excluding hydrogens is 380 g/mol. The van der Waals surface area contributed by atoms with Crippen LogP contribution in [0.4, 0.5) is 27.9 Å². The van der Waals surface area contributed by atoms with Gasteiger partial charge in [0.1, 0.15) is 11.6 Å². The topological polar surface area (TPSA) is 100 Å². The van der Waals surface area contributed by atoms with Crippen LogP contribution < -0.4 is 26.0 Å². The number of hydrogen-bond acceptors (Lipinski definition) is 6. The summed E-state index contributed by atoms with van der Waals surface area (Å²) < 4.78 is 5.22. The Morgan fingerprint density at radius 1 is 1.00 bits per heavy atom. The second kappa shape index (κ2) is 10.1. The molecule has 0 unspecified atom stereocenters. The summed E-state index contributed by atoms with van der Waals surface area (Å²) in [7, 11) is 1.56. The van der Waals surface area contributed by atoms with Crippen LogP contribution in [0.15, 0.2) is 54.6 Å². The Kier molecular flexibility index (Phi) is 7.05. The van der Waals surface area contributed by atoms with Gasteiger partial charge in [-0.3, -0.25) is 0 Å². The van der Waals surface area contributed by atoms with Gasteiger partial charge in [0.15, 0.2) is 0 Å². The first-order valence-electron chi connectivity index (χ1n) is 9.64. The molecule has 0 aliphatic heterocycles. The van der Waals surface area contributed by atoms with Gasteiger partial charge in [-0.2, -0.15) is 4.98 Å². The lowest BCUT2D eigenvalue weighted by molar-refractivity contribution is 0.252. The number of nitrogens with one attached hydrogen (secondary N) is 4. The molecule has 0 fully saturated rings. The van der Waals surface area contributed by atoms with Crippen molar-refractivity contribution < 1.29 is 9.53 Å². The van der Waals surface area contributed by atoms with Crippen LogP contribution in [-0.2, 0) is 0 Å². The van der Waals surface area contributed by atoms with E-state index in [1.54, 1.807) is 19.2 Å². The van der Waals surface area contributed by atoms with Crippen molar-refractivity contribution in [2.45, 2.75) is 13.8 Å². The molecule has 4 N–H and O–H groups in total. The quantitative estimate of drug-likeness (QED) is 0.421. The van der Waals surface area contributed by atoms with E-state index in [0.29, 0.717) is 36.3 Å². The second-order valence-electron chi connectivity index (χ2n) is 6.72. The van der Waals surface area contributed by atoms with Gasteiger partial charge >= 0.3 is 6.03 Å². The number of hydrogen-bond donors (Lipinski definition) is 4. The Labute approximate surface area is 176 Å². The van der Waals surface area contributed by atoms with Crippen LogP contribution in [0.3, 0.4) is 0 Å². The van der Waals surface area contributed by atoms with Gasteiger partial charge in [0, 0.05) is 30.5 Å². The zero-order chi connectivity index (χ0) is 21.3. The molecule has 1 aromatic heterocycles. The molecule has 8 nitrogen and oxygen atoms in total. The molecule has 0 aliphatic carbocycles. The Morgan fingerprint density at radius 2 is 1.77 bits per heavy atom. The third kappa shape index (κ3) is 6.10. The van der Waals surface area contributed by atoms with Gasteiger partial charge in [-0.1, -0.05) is 29.8 Å². The van der Waals surface area contributed by atoms with Gasteiger partial charge in [-0.15, -0.1) is 0 Å². The van der Waals surface area contributed by atoms with Gasteiger partial charge in [-0.05, 0) is 38.1 Å². The molecule has 30 heavy (non-hydrogen) atoms. The summed E-state index contributed by atoms with van der Waals surface area (Å²) >= 11 is 0. The SMILES string of the molecule is COc1ccccc1NC(=O)NCCNc1nc(C)cc(Nc2ccc(C)cc2)n1. The molecule has 0 aliphatic rings. The number of methoxy groups -OCH3 is 1. The summed E-state index contributed by atoms with van der Waals surface area (Å²) in [6.45, 7) is 4.84. The maximum Gasteiger partial charge on any atom is 0.319 e. The third-order valence-electron chi connectivity index (χ3n) is 4.23. The van der Waals surface area contributed by atoms with E-state index < -0.39 is 0 Å². The fourth-order valence-electron chi connectivity index (χ4n) is 2.76. The van der Waals surface area contributed by atoms with Gasteiger partial charge in [0.25, 0.3) is 0 Å². The van der Waals surface area contributed by atoms with E-state index in [9.17, 15) is 4.79 Å². The number of aromatic nitrogens is 2. The molecule has 2 amide bonds. The smallest absolute Gasteiger partial charge is 0.319 e. The van der Waals surface area contributed by atoms with Gasteiger partial charge < -0.3 is 26.0 Å². The highest BCUT2D eigenvalue weighted by Crippen LogP contribution is 2.22. The number of nitrogens with zero attached hydrogens (tertiary/aromatic N) is 2. The summed E-state index contributed by atoms with van der Waals surface area (Å²) in [5, 5.41) is 12.0. The number of ether oxygens (including phenoxy) is 1. The minimum absolute atomic E-state index is 0.312. The lowest BCUT2D eigenvalue weighted by atomic mass is 10.2. The fraction of sp³-hybridized carbons (Fsp3) is 0.227. The minimum Gasteiger partial charge on any atom is -0.495 e. The van der Waals surface area contributed by atoms with Crippen LogP contribution >= 0.6 is 0 Å². The molecule has 2 aromatic carbocycles. The molecule has 0 spiro atoms. The highest BCUT2D eigenvalue weighted by atomic mass is 16.5. The van der Waals surface area contributed by atoms with Crippen LogP contribution in [0.1, 0.15) is 11.3 Å². The van der Waals surface area contributed by atoms with Crippen molar-refractivity contribution in [1.82, 2.24) is 15.3 Å². The maximum atomic E-state index is 12.1. The van der Waals surface area contributed by atoms with E-state index in [1.807, 2.05) is 56.3 Å². The van der Waals surface area contributed by atoms with E-state index in [1.165, 1.54) is 5.56 Å². The summed E-state index contributed by atoms with van der Waals surface area (Å²) in [4.78, 5) is 21.0. The normalized spacial score (nSPS) is 10.2. The van der Waals surface area contributed by atoms with Gasteiger partial charge in [0.05, 0.1) is 12.8 Å². The molecule has 0 atom stereocenters. The summed E-state index contributed by atoms with van der Waals surface area (Å²) in [5.74, 6) is 1.81. The average Bonchev–Trinajstić information content (AvgIpc) is 2.73. The predicted molar refractivity (Wildman–Crippen MR) is 120 cm³/mol. The van der Waals surface area contributed by atoms with Gasteiger partial charge in [0.2, 0.25) is 5.95 Å². The summed E-state index contributed by atoms with van der Waals surface area (Å²) in [5.41, 5.74) is 3.60. The summed E-state index contributed by atoms with van der Waals surface area (Å²) in [6, 6.07) is 16.9. The average molecular weight is 406 g/mol. The largest absolute Gasteiger partial charge is 0.495 e. The first-order valence-corrected chi connectivity index (χ1v) is 9.64. The first kappa shape index (κ1) is 20.9. The number of para-hydroxylation sites is 2. The van der Waals surface area contributed by atoms with E-state index >= 15 is 0 Å². The number of amides is 2. The minimum atomic E-state index is -0.312. The molecule has 3 rings (SSSR count). The highest BCUT2D eigenvalue weighted by molar-refractivity contribution is 5.90. The molecular formula is C22H26N6O2. The number of rotatable bonds is 8. The van der Waals surface area contributed by atoms with E-state index in [-0.39, 0.29) is 6.03 Å². The van der Waals surface area contributed by atoms with Crippen molar-refractivity contribution in [2.75, 3.05) is 36.1 Å². The number of benzene rings is 2. The zero-order valence-electron chi connectivity index (χ0n) is 17.3. The Balaban J connectivity index is 1.49. The van der Waals surface area contributed by atoms with Crippen LogP contribution in [0, 0.1) is 13.8 Å². The number of anilines is 4. The summed E-state index contributed by atoms with van der Waals surface area (Å²) in [6.07, 6.45) is 0. The van der Waals surface area contributed by atoms with Crippen LogP contribution in [0.2, 0.25) is 0 Å². The Hall–Kier alpha value is -3.81. The third-order valence-corrected chi connectivity index (χ3v) is 4.23. The first-order chi connectivity index (χ1) is 14.5. The maximum absolute atomic E-state index is 12.1.